The van der Waals surface area contributed by atoms with Crippen molar-refractivity contribution in [1.29, 1.82) is 0 Å². The molecule has 0 bridgehead atoms. The van der Waals surface area contributed by atoms with Crippen molar-refractivity contribution in [2.45, 2.75) is 0 Å². The summed E-state index contributed by atoms with van der Waals surface area (Å²) in [6.45, 7) is 0. The van der Waals surface area contributed by atoms with Crippen molar-refractivity contribution in [3.05, 3.63) is 24.8 Å². The second-order valence-electron chi connectivity index (χ2n) is 0.894. The predicted octanol–water partition coefficient (Wildman–Crippen LogP) is 0.474. The van der Waals surface area contributed by atoms with Gasteiger partial charge in [-0.3, -0.25) is 9.97 Å². The minimum atomic E-state index is 0. The SMILES string of the molecule is [Cu+2].c1cnccn1. The number of nitrogens with zero attached hydrogens (tertiary/aromatic N) is 2. The normalized spacial score (nSPS) is 6.86. The van der Waals surface area contributed by atoms with E-state index in [1.807, 2.05) is 0 Å². The molecule has 1 aromatic heterocycles. The van der Waals surface area contributed by atoms with E-state index >= 15 is 0 Å². The van der Waals surface area contributed by atoms with Crippen LogP contribution in [-0.2, 0) is 17.1 Å². The fourth-order valence-electron chi connectivity index (χ4n) is 0.253. The van der Waals surface area contributed by atoms with Crippen molar-refractivity contribution in [1.82, 2.24) is 9.97 Å². The number of aromatic nitrogens is 2. The van der Waals surface area contributed by atoms with Gasteiger partial charge in [0, 0.05) is 24.8 Å². The first-order valence-corrected chi connectivity index (χ1v) is 1.70. The van der Waals surface area contributed by atoms with E-state index in [4.69, 9.17) is 0 Å². The number of rotatable bonds is 0. The minimum Gasteiger partial charge on any atom is -0.262 e. The van der Waals surface area contributed by atoms with Crippen molar-refractivity contribution >= 4 is 0 Å². The zero-order valence-electron chi connectivity index (χ0n) is 3.51. The van der Waals surface area contributed by atoms with Crippen molar-refractivity contribution in [2.75, 3.05) is 0 Å². The summed E-state index contributed by atoms with van der Waals surface area (Å²) in [4.78, 5) is 7.44. The van der Waals surface area contributed by atoms with Crippen LogP contribution in [0.5, 0.6) is 0 Å². The van der Waals surface area contributed by atoms with Crippen molar-refractivity contribution < 1.29 is 17.1 Å². The van der Waals surface area contributed by atoms with Crippen LogP contribution in [0.25, 0.3) is 0 Å². The molecule has 0 saturated carbocycles. The quantitative estimate of drug-likeness (QED) is 0.494. The third kappa shape index (κ3) is 2.31. The second-order valence-corrected chi connectivity index (χ2v) is 0.894. The number of hydrogen-bond donors (Lipinski definition) is 0. The number of hydrogen-bond acceptors (Lipinski definition) is 2. The fourth-order valence-corrected chi connectivity index (χ4v) is 0.253. The standard InChI is InChI=1S/C4H4N2.Cu/c1-2-6-4-3-5-1;/h1-4H;/q;+2. The van der Waals surface area contributed by atoms with Crippen LogP contribution in [0.4, 0.5) is 0 Å². The van der Waals surface area contributed by atoms with Crippen LogP contribution < -0.4 is 0 Å². The van der Waals surface area contributed by atoms with Crippen LogP contribution >= 0.6 is 0 Å². The molecule has 0 aromatic carbocycles. The summed E-state index contributed by atoms with van der Waals surface area (Å²) in [5.41, 5.74) is 0. The Morgan fingerprint density at radius 2 is 1.00 bits per heavy atom. The summed E-state index contributed by atoms with van der Waals surface area (Å²) in [7, 11) is 0. The zero-order chi connectivity index (χ0) is 4.24. The average Bonchev–Trinajstić information content (AvgIpc) is 1.72. The van der Waals surface area contributed by atoms with Gasteiger partial charge in [0.1, 0.15) is 0 Å². The van der Waals surface area contributed by atoms with Gasteiger partial charge in [0.25, 0.3) is 0 Å². The maximum atomic E-state index is 3.72. The van der Waals surface area contributed by atoms with E-state index in [0.29, 0.717) is 0 Å². The summed E-state index contributed by atoms with van der Waals surface area (Å²) in [5, 5.41) is 0. The van der Waals surface area contributed by atoms with E-state index in [2.05, 4.69) is 9.97 Å². The molecule has 2 nitrogen and oxygen atoms in total. The van der Waals surface area contributed by atoms with E-state index < -0.39 is 0 Å². The molecule has 1 radical (unpaired) electrons. The third-order valence-corrected chi connectivity index (χ3v) is 0.478. The first-order chi connectivity index (χ1) is 3.00. The molecule has 0 fully saturated rings. The Balaban J connectivity index is 0.000000360. The van der Waals surface area contributed by atoms with Gasteiger partial charge in [-0.1, -0.05) is 0 Å². The van der Waals surface area contributed by atoms with Crippen LogP contribution in [-0.4, -0.2) is 9.97 Å². The first kappa shape index (κ1) is 6.60. The summed E-state index contributed by atoms with van der Waals surface area (Å²) in [6.07, 6.45) is 6.56. The third-order valence-electron chi connectivity index (χ3n) is 0.478. The van der Waals surface area contributed by atoms with E-state index in [0.717, 1.165) is 0 Å². The Labute approximate surface area is 52.5 Å². The van der Waals surface area contributed by atoms with Crippen molar-refractivity contribution in [3.63, 3.8) is 0 Å². The van der Waals surface area contributed by atoms with Gasteiger partial charge in [-0.15, -0.1) is 0 Å². The maximum Gasteiger partial charge on any atom is 2.00 e. The molecule has 3 heteroatoms. The summed E-state index contributed by atoms with van der Waals surface area (Å²) >= 11 is 0. The predicted molar refractivity (Wildman–Crippen MR) is 22.0 cm³/mol. The molecule has 0 aliphatic carbocycles. The smallest absolute Gasteiger partial charge is 0.262 e. The Morgan fingerprint density at radius 3 is 1.14 bits per heavy atom. The topological polar surface area (TPSA) is 25.8 Å². The molecule has 1 heterocycles. The molecule has 39 valence electrons. The van der Waals surface area contributed by atoms with Gasteiger partial charge in [-0.05, 0) is 0 Å². The van der Waals surface area contributed by atoms with Gasteiger partial charge in [0.05, 0.1) is 0 Å². The molecule has 1 aromatic rings. The molecule has 1 rings (SSSR count). The molecule has 0 spiro atoms. The molecule has 0 N–H and O–H groups in total. The van der Waals surface area contributed by atoms with Crippen molar-refractivity contribution in [3.8, 4) is 0 Å². The Morgan fingerprint density at radius 1 is 0.714 bits per heavy atom. The van der Waals surface area contributed by atoms with Crippen LogP contribution in [0.1, 0.15) is 0 Å². The summed E-state index contributed by atoms with van der Waals surface area (Å²) in [6, 6.07) is 0. The molecular formula is C4H4CuN2+2. The van der Waals surface area contributed by atoms with E-state index in [1.165, 1.54) is 0 Å². The average molecular weight is 144 g/mol. The van der Waals surface area contributed by atoms with Gasteiger partial charge < -0.3 is 0 Å². The van der Waals surface area contributed by atoms with Gasteiger partial charge in [0.15, 0.2) is 0 Å². The molecular weight excluding hydrogens is 140 g/mol. The van der Waals surface area contributed by atoms with Crippen LogP contribution in [0.2, 0.25) is 0 Å². The monoisotopic (exact) mass is 143 g/mol. The molecule has 7 heavy (non-hydrogen) atoms. The first-order valence-electron chi connectivity index (χ1n) is 1.70. The van der Waals surface area contributed by atoms with Crippen LogP contribution in [0.15, 0.2) is 24.8 Å². The Hall–Kier alpha value is -0.401. The van der Waals surface area contributed by atoms with Crippen LogP contribution in [0.3, 0.4) is 0 Å². The zero-order valence-corrected chi connectivity index (χ0v) is 4.45. The van der Waals surface area contributed by atoms with E-state index in [9.17, 15) is 0 Å². The molecule has 0 aliphatic heterocycles. The maximum absolute atomic E-state index is 3.72. The van der Waals surface area contributed by atoms with Crippen molar-refractivity contribution in [2.24, 2.45) is 0 Å². The van der Waals surface area contributed by atoms with Gasteiger partial charge in [-0.25, -0.2) is 0 Å². The molecule has 0 unspecified atom stereocenters. The largest absolute Gasteiger partial charge is 2.00 e. The van der Waals surface area contributed by atoms with E-state index in [-0.39, 0.29) is 17.1 Å². The Bertz CT molecular complexity index is 81.6. The molecule has 0 atom stereocenters. The Kier molecular flexibility index (Phi) is 3.56. The van der Waals surface area contributed by atoms with Gasteiger partial charge in [-0.2, -0.15) is 0 Å². The fraction of sp³-hybridized carbons (Fsp3) is 0. The minimum absolute atomic E-state index is 0. The van der Waals surface area contributed by atoms with Gasteiger partial charge in [0.2, 0.25) is 0 Å². The van der Waals surface area contributed by atoms with Gasteiger partial charge >= 0.3 is 17.1 Å². The summed E-state index contributed by atoms with van der Waals surface area (Å²) < 4.78 is 0. The molecule has 0 saturated heterocycles. The second kappa shape index (κ2) is 3.78. The summed E-state index contributed by atoms with van der Waals surface area (Å²) in [5.74, 6) is 0. The molecule has 0 amide bonds. The van der Waals surface area contributed by atoms with E-state index in [1.54, 1.807) is 24.8 Å². The molecule has 0 aliphatic rings. The van der Waals surface area contributed by atoms with Crippen LogP contribution in [0, 0.1) is 0 Å².